The number of likely N-dealkylation sites (N-methyl/N-ethyl adjacent to an activating group) is 7. The molecule has 0 aromatic carbocycles. The summed E-state index contributed by atoms with van der Waals surface area (Å²) in [6.07, 6.45) is 3.49. The van der Waals surface area contributed by atoms with E-state index in [1.54, 1.807) is 41.5 Å². The van der Waals surface area contributed by atoms with Crippen molar-refractivity contribution in [3.05, 3.63) is 0 Å². The van der Waals surface area contributed by atoms with Crippen LogP contribution in [0.25, 0.3) is 0 Å². The average molecular weight is 1410 g/mol. The zero-order chi connectivity index (χ0) is 75.5. The van der Waals surface area contributed by atoms with Crippen molar-refractivity contribution in [1.82, 2.24) is 60.9 Å². The number of aliphatic hydroxyl groups is 2. The predicted molar refractivity (Wildman–Crippen MR) is 383 cm³/mol. The zero-order valence-electron chi connectivity index (χ0n) is 64.1. The van der Waals surface area contributed by atoms with Gasteiger partial charge in [-0.15, -0.1) is 11.8 Å². The minimum Gasteiger partial charge on any atom is -0.396 e. The van der Waals surface area contributed by atoms with E-state index in [0.29, 0.717) is 38.6 Å². The lowest BCUT2D eigenvalue weighted by molar-refractivity contribution is -0.157. The van der Waals surface area contributed by atoms with Crippen molar-refractivity contribution < 1.29 is 67.7 Å². The van der Waals surface area contributed by atoms with Crippen molar-refractivity contribution in [2.75, 3.05) is 68.2 Å². The van der Waals surface area contributed by atoms with Crippen LogP contribution in [0.3, 0.4) is 0 Å². The van der Waals surface area contributed by atoms with Gasteiger partial charge in [-0.2, -0.15) is 0 Å². The quantitative estimate of drug-likeness (QED) is 0.0582. The zero-order valence-corrected chi connectivity index (χ0v) is 64.9. The summed E-state index contributed by atoms with van der Waals surface area (Å²) in [5, 5.41) is 34.9. The van der Waals surface area contributed by atoms with E-state index in [9.17, 15) is 39.0 Å². The second-order valence-corrected chi connectivity index (χ2v) is 30.9. The number of unbranched alkanes of at least 4 members (excludes halogenated alkanes) is 4. The summed E-state index contributed by atoms with van der Waals surface area (Å²) in [6.45, 7) is 30.1. The van der Waals surface area contributed by atoms with Gasteiger partial charge in [-0.25, -0.2) is 0 Å². The van der Waals surface area contributed by atoms with Crippen molar-refractivity contribution in [3.8, 4) is 0 Å². The van der Waals surface area contributed by atoms with Gasteiger partial charge in [0.15, 0.2) is 5.37 Å². The van der Waals surface area contributed by atoms with Crippen LogP contribution < -0.4 is 26.6 Å². The highest BCUT2D eigenvalue weighted by Crippen LogP contribution is 2.28. The number of nitrogens with zero attached hydrogens (tertiary/aromatic N) is 7. The Hall–Kier alpha value is -6.09. The van der Waals surface area contributed by atoms with E-state index in [4.69, 9.17) is 0 Å². The molecule has 0 radical (unpaired) electrons. The molecule has 1 rings (SSSR count). The minimum absolute atomic E-state index is 0.0306. The summed E-state index contributed by atoms with van der Waals surface area (Å²) in [6, 6.07) is -12.8. The molecule has 1 saturated heterocycles. The van der Waals surface area contributed by atoms with Crippen molar-refractivity contribution in [3.63, 3.8) is 0 Å². The number of nitrogens with one attached hydrogen (secondary N) is 5. The third kappa shape index (κ3) is 27.5. The van der Waals surface area contributed by atoms with E-state index in [0.717, 1.165) is 35.9 Å². The lowest BCUT2D eigenvalue weighted by Gasteiger charge is -2.41. The molecule has 0 saturated carbocycles. The Bertz CT molecular complexity index is 2610. The number of hydrogen-bond acceptors (Lipinski definition) is 15. The van der Waals surface area contributed by atoms with Gasteiger partial charge >= 0.3 is 0 Å². The second-order valence-electron chi connectivity index (χ2n) is 29.7. The summed E-state index contributed by atoms with van der Waals surface area (Å²) in [4.78, 5) is 185. The van der Waals surface area contributed by atoms with E-state index >= 15 is 28.8 Å². The van der Waals surface area contributed by atoms with Gasteiger partial charge < -0.3 is 71.1 Å². The van der Waals surface area contributed by atoms with E-state index in [1.807, 2.05) is 55.4 Å². The first-order valence-corrected chi connectivity index (χ1v) is 36.8. The van der Waals surface area contributed by atoms with Gasteiger partial charge in [0.1, 0.15) is 60.4 Å². The maximum atomic E-state index is 15.5. The molecule has 1 fully saturated rings. The van der Waals surface area contributed by atoms with Crippen molar-refractivity contribution in [2.45, 2.75) is 273 Å². The highest BCUT2D eigenvalue weighted by atomic mass is 32.2. The van der Waals surface area contributed by atoms with Gasteiger partial charge in [-0.05, 0) is 125 Å². The third-order valence-corrected chi connectivity index (χ3v) is 19.9. The average Bonchev–Trinajstić information content (AvgIpc) is 0.805. The first-order valence-electron chi connectivity index (χ1n) is 35.8. The molecule has 98 heavy (non-hydrogen) atoms. The molecule has 1 aliphatic rings. The molecule has 0 bridgehead atoms. The van der Waals surface area contributed by atoms with Crippen LogP contribution in [0.5, 0.6) is 0 Å². The molecule has 12 amide bonds. The number of carbonyl (C=O) groups is 12. The Morgan fingerprint density at radius 3 is 1.45 bits per heavy atom. The maximum absolute atomic E-state index is 15.5. The van der Waals surface area contributed by atoms with E-state index in [1.165, 1.54) is 99.5 Å². The normalized spacial score (nSPS) is 25.5. The van der Waals surface area contributed by atoms with Gasteiger partial charge in [-0.3, -0.25) is 57.5 Å². The Morgan fingerprint density at radius 2 is 0.949 bits per heavy atom. The maximum Gasteiger partial charge on any atom is 0.256 e. The third-order valence-electron chi connectivity index (χ3n) is 18.6. The molecule has 27 heteroatoms. The van der Waals surface area contributed by atoms with E-state index in [-0.39, 0.29) is 74.0 Å². The first kappa shape index (κ1) is 89.9. The smallest absolute Gasteiger partial charge is 0.256 e. The fraction of sp³-hybridized carbons (Fsp3) is 0.831. The Morgan fingerprint density at radius 1 is 0.469 bits per heavy atom. The van der Waals surface area contributed by atoms with Gasteiger partial charge in [0.25, 0.3) is 5.91 Å². The first-order chi connectivity index (χ1) is 45.5. The van der Waals surface area contributed by atoms with Gasteiger partial charge in [0.05, 0.1) is 6.10 Å². The van der Waals surface area contributed by atoms with E-state index in [2.05, 4.69) is 26.6 Å². The largest absolute Gasteiger partial charge is 0.396 e. The Labute approximate surface area is 591 Å². The molecule has 7 N–H and O–H groups in total. The highest BCUT2D eigenvalue weighted by molar-refractivity contribution is 8.00. The molecule has 0 spiro atoms. The molecule has 0 aromatic heterocycles. The summed E-state index contributed by atoms with van der Waals surface area (Å²) in [5.74, 6) is -9.77. The molecule has 1 heterocycles. The van der Waals surface area contributed by atoms with Crippen molar-refractivity contribution >= 4 is 82.6 Å². The summed E-state index contributed by atoms with van der Waals surface area (Å²) in [5.41, 5.74) is 0. The lowest BCUT2D eigenvalue weighted by atomic mass is 9.90. The highest BCUT2D eigenvalue weighted by Gasteiger charge is 2.46. The topological polar surface area (TPSA) is 328 Å². The molecule has 1 aliphatic heterocycles. The van der Waals surface area contributed by atoms with Crippen LogP contribution in [-0.2, 0) is 57.5 Å². The van der Waals surface area contributed by atoms with Crippen LogP contribution in [0.2, 0.25) is 0 Å². The fourth-order valence-corrected chi connectivity index (χ4v) is 13.5. The fourth-order valence-electron chi connectivity index (χ4n) is 12.3. The standard InChI is InChI=1S/C71H130N12O14S/c1-25-51-65(92)83(24)71(98-37-31-30-36-84)70(97)78(19)53(38-42(4)5)62(89)76-56(45(10)11)68(95)77(18)52(34-33-41(2)3)61(88)73-48(15)60(87)74-49(16)64(91)79(20)54(39-43(6)7)66(93)80(21)55(40-44(8)9)67(94)81(22)57(46(12)13)69(96)82(23)58(63(90)75-51)59(86)47(14)32-28-26-27-29-35-72-50(17)85/h41-49,51-59,71,84,86H,25-40H2,1-24H3,(H,72,85)(H,73,88)(H,74,87)(H,75,90)(H,76,89)/t47-,48-,49+,51-,52-,53+,54+,55-,56-,57-,58+,59-,71-/m1/s1. The monoisotopic (exact) mass is 1410 g/mol. The molecule has 564 valence electrons. The molecule has 13 atom stereocenters. The van der Waals surface area contributed by atoms with Crippen LogP contribution in [0.15, 0.2) is 0 Å². The number of aliphatic hydroxyl groups excluding tert-OH is 2. The van der Waals surface area contributed by atoms with Gasteiger partial charge in [0, 0.05) is 69.4 Å². The Kier molecular flexibility index (Phi) is 40.0. The number of hydrogen-bond donors (Lipinski definition) is 7. The van der Waals surface area contributed by atoms with Gasteiger partial charge in [-0.1, -0.05) is 116 Å². The molecule has 0 aromatic rings. The molecule has 0 unspecified atom stereocenters. The molecule has 26 nitrogen and oxygen atoms in total. The van der Waals surface area contributed by atoms with Crippen LogP contribution in [-0.4, -0.2) is 256 Å². The van der Waals surface area contributed by atoms with Crippen LogP contribution >= 0.6 is 11.8 Å². The summed E-state index contributed by atoms with van der Waals surface area (Å²) in [7, 11) is 9.98. The minimum atomic E-state index is -1.67. The summed E-state index contributed by atoms with van der Waals surface area (Å²) < 4.78 is 0. The number of carbonyl (C=O) groups excluding carboxylic acids is 12. The van der Waals surface area contributed by atoms with Crippen molar-refractivity contribution in [2.24, 2.45) is 41.4 Å². The molecular weight excluding hydrogens is 1280 g/mol. The second kappa shape index (κ2) is 43.5. The predicted octanol–water partition coefficient (Wildman–Crippen LogP) is 4.61. The molecular formula is C71H130N12O14S. The van der Waals surface area contributed by atoms with Crippen molar-refractivity contribution in [1.29, 1.82) is 0 Å². The Balaban J connectivity index is 4.53. The number of thioether (sulfide) groups is 1. The van der Waals surface area contributed by atoms with Crippen LogP contribution in [0, 0.1) is 41.4 Å². The van der Waals surface area contributed by atoms with Crippen LogP contribution in [0.1, 0.15) is 201 Å². The van der Waals surface area contributed by atoms with Gasteiger partial charge in [0.2, 0.25) is 65.0 Å². The number of rotatable bonds is 26. The summed E-state index contributed by atoms with van der Waals surface area (Å²) >= 11 is 1.09. The van der Waals surface area contributed by atoms with E-state index < -0.39 is 155 Å². The lowest BCUT2D eigenvalue weighted by Crippen LogP contribution is -2.64. The SMILES string of the molecule is CC[C@H]1NC(=O)[C@H]([C@H](O)[C@H](C)CCCCCCNC(C)=O)N(C)C(=O)[C@@H](C(C)C)N(C)C(=O)[C@@H](CC(C)C)N(C)C(=O)[C@H](CC(C)C)N(C)C(=O)[C@H](C)NC(=O)[C@@H](C)NC(=O)[C@@H](CCC(C)C)N(C)C(=O)[C@@H](C(C)C)NC(=O)[C@H](CC(C)C)N(C)C(=O)[C@@H](SCCCCO)N(C)C1=O. The van der Waals surface area contributed by atoms with Crippen LogP contribution in [0.4, 0.5) is 0 Å². The number of amides is 12. The molecule has 0 aliphatic carbocycles.